The van der Waals surface area contributed by atoms with E-state index in [1.807, 2.05) is 0 Å². The summed E-state index contributed by atoms with van der Waals surface area (Å²) < 4.78 is 24.5. The average Bonchev–Trinajstić information content (AvgIpc) is 1.90. The van der Waals surface area contributed by atoms with Crippen LogP contribution >= 0.6 is 8.25 Å². The Bertz CT molecular complexity index is 105. The zero-order valence-electron chi connectivity index (χ0n) is 5.07. The summed E-state index contributed by atoms with van der Waals surface area (Å²) in [6, 6.07) is 0. The SMILES string of the molecule is COC1CO[P+](=O)OC1. The van der Waals surface area contributed by atoms with Crippen molar-refractivity contribution in [2.75, 3.05) is 20.3 Å². The maximum absolute atomic E-state index is 10.4. The Balaban J connectivity index is 2.26. The summed E-state index contributed by atoms with van der Waals surface area (Å²) in [4.78, 5) is 0. The van der Waals surface area contributed by atoms with Crippen molar-refractivity contribution in [3.05, 3.63) is 0 Å². The van der Waals surface area contributed by atoms with E-state index in [2.05, 4.69) is 9.05 Å². The van der Waals surface area contributed by atoms with E-state index >= 15 is 0 Å². The average molecular weight is 151 g/mol. The Hall–Kier alpha value is -0.0200. The van der Waals surface area contributed by atoms with Crippen LogP contribution in [0.1, 0.15) is 0 Å². The van der Waals surface area contributed by atoms with Crippen molar-refractivity contribution in [2.45, 2.75) is 6.10 Å². The third-order valence-electron chi connectivity index (χ3n) is 1.07. The number of hydrogen-bond acceptors (Lipinski definition) is 4. The van der Waals surface area contributed by atoms with Gasteiger partial charge in [0.1, 0.15) is 19.3 Å². The summed E-state index contributed by atoms with van der Waals surface area (Å²) in [5.74, 6) is 0. The van der Waals surface area contributed by atoms with E-state index < -0.39 is 8.25 Å². The van der Waals surface area contributed by atoms with Crippen molar-refractivity contribution in [3.63, 3.8) is 0 Å². The van der Waals surface area contributed by atoms with Crippen LogP contribution in [0.2, 0.25) is 0 Å². The highest BCUT2D eigenvalue weighted by molar-refractivity contribution is 7.33. The fraction of sp³-hybridized carbons (Fsp3) is 1.00. The number of ether oxygens (including phenoxy) is 1. The Morgan fingerprint density at radius 1 is 1.56 bits per heavy atom. The fourth-order valence-corrected chi connectivity index (χ4v) is 1.16. The first kappa shape index (κ1) is 7.09. The highest BCUT2D eigenvalue weighted by Gasteiger charge is 2.31. The van der Waals surface area contributed by atoms with Gasteiger partial charge in [0, 0.05) is 11.7 Å². The normalized spacial score (nSPS) is 32.6. The van der Waals surface area contributed by atoms with Gasteiger partial charge >= 0.3 is 8.25 Å². The molecule has 0 aliphatic carbocycles. The predicted molar refractivity (Wildman–Crippen MR) is 30.3 cm³/mol. The quantitative estimate of drug-likeness (QED) is 0.517. The maximum Gasteiger partial charge on any atom is 0.697 e. The van der Waals surface area contributed by atoms with Gasteiger partial charge in [0.15, 0.2) is 0 Å². The molecule has 52 valence electrons. The Morgan fingerprint density at radius 3 is 2.56 bits per heavy atom. The molecular formula is C4H8O4P+. The molecule has 1 rings (SSSR count). The lowest BCUT2D eigenvalue weighted by molar-refractivity contribution is -0.00641. The first-order valence-corrected chi connectivity index (χ1v) is 3.68. The minimum atomic E-state index is -1.85. The summed E-state index contributed by atoms with van der Waals surface area (Å²) in [5, 5.41) is 0. The van der Waals surface area contributed by atoms with Crippen LogP contribution in [0, 0.1) is 0 Å². The molecule has 1 fully saturated rings. The molecule has 0 saturated carbocycles. The Labute approximate surface area is 54.0 Å². The van der Waals surface area contributed by atoms with Crippen LogP contribution in [0.15, 0.2) is 0 Å². The molecule has 0 unspecified atom stereocenters. The minimum absolute atomic E-state index is 0.0577. The lowest BCUT2D eigenvalue weighted by atomic mass is 10.4. The molecule has 1 aliphatic rings. The maximum atomic E-state index is 10.4. The van der Waals surface area contributed by atoms with Crippen molar-refractivity contribution in [3.8, 4) is 0 Å². The van der Waals surface area contributed by atoms with Crippen LogP contribution in [0.25, 0.3) is 0 Å². The smallest absolute Gasteiger partial charge is 0.376 e. The fourth-order valence-electron chi connectivity index (χ4n) is 0.509. The molecule has 1 aliphatic heterocycles. The third-order valence-corrected chi connectivity index (χ3v) is 1.78. The highest BCUT2D eigenvalue weighted by Crippen LogP contribution is 2.28. The second-order valence-corrected chi connectivity index (χ2v) is 2.64. The molecule has 5 heteroatoms. The summed E-state index contributed by atoms with van der Waals surface area (Å²) in [5.41, 5.74) is 0. The van der Waals surface area contributed by atoms with E-state index in [0.717, 1.165) is 0 Å². The second kappa shape index (κ2) is 3.22. The molecular weight excluding hydrogens is 143 g/mol. The van der Waals surface area contributed by atoms with Gasteiger partial charge in [0.05, 0.1) is 0 Å². The molecule has 0 aromatic rings. The molecule has 0 spiro atoms. The van der Waals surface area contributed by atoms with E-state index in [-0.39, 0.29) is 6.10 Å². The van der Waals surface area contributed by atoms with Gasteiger partial charge in [-0.25, -0.2) is 0 Å². The lowest BCUT2D eigenvalue weighted by Gasteiger charge is -2.10. The molecule has 4 nitrogen and oxygen atoms in total. The van der Waals surface area contributed by atoms with Crippen molar-refractivity contribution < 1.29 is 18.3 Å². The van der Waals surface area contributed by atoms with Crippen LogP contribution in [0.3, 0.4) is 0 Å². The first-order chi connectivity index (χ1) is 4.33. The van der Waals surface area contributed by atoms with Crippen molar-refractivity contribution in [1.82, 2.24) is 0 Å². The van der Waals surface area contributed by atoms with Crippen molar-refractivity contribution in [2.24, 2.45) is 0 Å². The predicted octanol–water partition coefficient (Wildman–Crippen LogP) is 0.706. The molecule has 0 N–H and O–H groups in total. The monoisotopic (exact) mass is 151 g/mol. The number of methoxy groups -OCH3 is 1. The molecule has 9 heavy (non-hydrogen) atoms. The van der Waals surface area contributed by atoms with E-state index in [0.29, 0.717) is 13.2 Å². The van der Waals surface area contributed by atoms with Gasteiger partial charge in [-0.3, -0.25) is 0 Å². The Kier molecular flexibility index (Phi) is 2.54. The van der Waals surface area contributed by atoms with Gasteiger partial charge in [-0.05, 0) is 0 Å². The lowest BCUT2D eigenvalue weighted by Crippen LogP contribution is -2.25. The van der Waals surface area contributed by atoms with E-state index in [1.165, 1.54) is 0 Å². The van der Waals surface area contributed by atoms with Crippen molar-refractivity contribution in [1.29, 1.82) is 0 Å². The minimum Gasteiger partial charge on any atom is -0.376 e. The summed E-state index contributed by atoms with van der Waals surface area (Å²) in [7, 11) is -0.289. The molecule has 0 bridgehead atoms. The van der Waals surface area contributed by atoms with Gasteiger partial charge in [-0.15, -0.1) is 9.05 Å². The zero-order valence-corrected chi connectivity index (χ0v) is 5.97. The van der Waals surface area contributed by atoms with Crippen LogP contribution in [-0.2, 0) is 18.3 Å². The van der Waals surface area contributed by atoms with Gasteiger partial charge in [-0.2, -0.15) is 0 Å². The standard InChI is InChI=1S/C4H8O4P/c1-6-4-2-7-9(5)8-3-4/h4H,2-3H2,1H3/q+1. The second-order valence-electron chi connectivity index (χ2n) is 1.67. The topological polar surface area (TPSA) is 44.8 Å². The summed E-state index contributed by atoms with van der Waals surface area (Å²) in [6.45, 7) is 0.734. The van der Waals surface area contributed by atoms with Gasteiger partial charge in [0.25, 0.3) is 0 Å². The summed E-state index contributed by atoms with van der Waals surface area (Å²) in [6.07, 6.45) is -0.0577. The van der Waals surface area contributed by atoms with Crippen LogP contribution in [0.5, 0.6) is 0 Å². The largest absolute Gasteiger partial charge is 0.697 e. The molecule has 0 aromatic carbocycles. The molecule has 1 heterocycles. The first-order valence-electron chi connectivity index (χ1n) is 2.59. The van der Waals surface area contributed by atoms with Gasteiger partial charge in [0.2, 0.25) is 0 Å². The van der Waals surface area contributed by atoms with E-state index in [4.69, 9.17) is 4.74 Å². The third kappa shape index (κ3) is 1.99. The zero-order chi connectivity index (χ0) is 6.69. The van der Waals surface area contributed by atoms with Gasteiger partial charge in [-0.1, -0.05) is 0 Å². The van der Waals surface area contributed by atoms with Crippen LogP contribution < -0.4 is 0 Å². The van der Waals surface area contributed by atoms with Crippen molar-refractivity contribution >= 4 is 8.25 Å². The summed E-state index contributed by atoms with van der Waals surface area (Å²) >= 11 is 0. The molecule has 0 aromatic heterocycles. The van der Waals surface area contributed by atoms with Crippen LogP contribution in [-0.4, -0.2) is 26.4 Å². The van der Waals surface area contributed by atoms with E-state index in [9.17, 15) is 4.57 Å². The number of hydrogen-bond donors (Lipinski definition) is 0. The molecule has 1 saturated heterocycles. The van der Waals surface area contributed by atoms with E-state index in [1.54, 1.807) is 7.11 Å². The number of rotatable bonds is 1. The molecule has 0 amide bonds. The van der Waals surface area contributed by atoms with Gasteiger partial charge < -0.3 is 4.74 Å². The van der Waals surface area contributed by atoms with Crippen LogP contribution in [0.4, 0.5) is 0 Å². The molecule has 0 radical (unpaired) electrons. The molecule has 0 atom stereocenters. The Morgan fingerprint density at radius 2 is 2.11 bits per heavy atom. The highest BCUT2D eigenvalue weighted by atomic mass is 31.1.